The second-order valence-corrected chi connectivity index (χ2v) is 3.32. The summed E-state index contributed by atoms with van der Waals surface area (Å²) in [5, 5.41) is 10.4. The molecule has 0 bridgehead atoms. The molecule has 5 heteroatoms. The number of rotatable bonds is 2. The summed E-state index contributed by atoms with van der Waals surface area (Å²) in [6.45, 7) is 1.80. The molecular formula is C6H8N2O2S. The van der Waals surface area contributed by atoms with Gasteiger partial charge in [-0.2, -0.15) is 0 Å². The Kier molecular flexibility index (Phi) is 2.21. The van der Waals surface area contributed by atoms with Crippen molar-refractivity contribution in [2.24, 2.45) is 5.73 Å². The Hall–Kier alpha value is -0.940. The number of hydrogen-bond donors (Lipinski definition) is 1. The van der Waals surface area contributed by atoms with Gasteiger partial charge in [0, 0.05) is 17.0 Å². The molecule has 0 aromatic carbocycles. The van der Waals surface area contributed by atoms with Gasteiger partial charge in [0.2, 0.25) is 0 Å². The average molecular weight is 172 g/mol. The second kappa shape index (κ2) is 2.98. The lowest BCUT2D eigenvalue weighted by Crippen LogP contribution is -2.01. The highest BCUT2D eigenvalue weighted by molar-refractivity contribution is 7.15. The summed E-state index contributed by atoms with van der Waals surface area (Å²) < 4.78 is 0. The van der Waals surface area contributed by atoms with Crippen molar-refractivity contribution < 1.29 is 4.92 Å². The van der Waals surface area contributed by atoms with Gasteiger partial charge in [-0.05, 0) is 13.0 Å². The Balaban J connectivity index is 2.90. The highest BCUT2D eigenvalue weighted by Gasteiger charge is 2.11. The molecular weight excluding hydrogens is 164 g/mol. The van der Waals surface area contributed by atoms with Crippen molar-refractivity contribution in [1.29, 1.82) is 0 Å². The predicted octanol–water partition coefficient (Wildman–Crippen LogP) is 1.68. The molecule has 1 aromatic heterocycles. The third kappa shape index (κ3) is 1.75. The van der Waals surface area contributed by atoms with Gasteiger partial charge in [-0.1, -0.05) is 11.3 Å². The maximum absolute atomic E-state index is 10.2. The number of hydrogen-bond acceptors (Lipinski definition) is 4. The molecule has 4 nitrogen and oxygen atoms in total. The summed E-state index contributed by atoms with van der Waals surface area (Å²) in [6, 6.07) is 3.05. The van der Waals surface area contributed by atoms with Crippen LogP contribution in [0.2, 0.25) is 0 Å². The highest BCUT2D eigenvalue weighted by Crippen LogP contribution is 2.27. The van der Waals surface area contributed by atoms with E-state index in [1.54, 1.807) is 13.0 Å². The van der Waals surface area contributed by atoms with Gasteiger partial charge in [0.25, 0.3) is 0 Å². The predicted molar refractivity (Wildman–Crippen MR) is 43.6 cm³/mol. The Morgan fingerprint density at radius 1 is 1.73 bits per heavy atom. The summed E-state index contributed by atoms with van der Waals surface area (Å²) in [6.07, 6.45) is 0. The van der Waals surface area contributed by atoms with Crippen LogP contribution in [-0.4, -0.2) is 4.92 Å². The fraction of sp³-hybridized carbons (Fsp3) is 0.333. The molecule has 1 aromatic rings. The smallest absolute Gasteiger partial charge is 0.324 e. The number of nitrogens with zero attached hydrogens (tertiary/aromatic N) is 1. The minimum Gasteiger partial charge on any atom is -0.324 e. The van der Waals surface area contributed by atoms with Crippen LogP contribution in [0.5, 0.6) is 0 Å². The number of nitrogens with two attached hydrogens (primary N) is 1. The maximum Gasteiger partial charge on any atom is 0.324 e. The summed E-state index contributed by atoms with van der Waals surface area (Å²) in [4.78, 5) is 10.6. The van der Waals surface area contributed by atoms with E-state index in [4.69, 9.17) is 5.73 Å². The zero-order chi connectivity index (χ0) is 8.43. The minimum absolute atomic E-state index is 0.117. The van der Waals surface area contributed by atoms with E-state index in [2.05, 4.69) is 0 Å². The fourth-order valence-electron chi connectivity index (χ4n) is 0.685. The first-order chi connectivity index (χ1) is 5.11. The van der Waals surface area contributed by atoms with Gasteiger partial charge in [0.05, 0.1) is 4.92 Å². The molecule has 0 spiro atoms. The maximum atomic E-state index is 10.2. The number of nitro groups is 1. The molecule has 0 amide bonds. The Bertz CT molecular complexity index is 269. The van der Waals surface area contributed by atoms with Crippen molar-refractivity contribution in [3.8, 4) is 0 Å². The largest absolute Gasteiger partial charge is 0.324 e. The van der Waals surface area contributed by atoms with Crippen molar-refractivity contribution in [1.82, 2.24) is 0 Å². The van der Waals surface area contributed by atoms with Crippen LogP contribution in [-0.2, 0) is 0 Å². The van der Waals surface area contributed by atoms with Crippen LogP contribution in [0.15, 0.2) is 12.1 Å². The summed E-state index contributed by atoms with van der Waals surface area (Å²) in [5.41, 5.74) is 5.52. The molecule has 0 aliphatic rings. The first kappa shape index (κ1) is 8.16. The van der Waals surface area contributed by atoms with E-state index in [1.807, 2.05) is 0 Å². The average Bonchev–Trinajstić information content (AvgIpc) is 2.33. The molecule has 0 unspecified atom stereocenters. The fourth-order valence-corrected chi connectivity index (χ4v) is 1.46. The SMILES string of the molecule is C[C@H](N)c1ccc([N+](=O)[O-])s1. The van der Waals surface area contributed by atoms with E-state index in [1.165, 1.54) is 6.07 Å². The van der Waals surface area contributed by atoms with Gasteiger partial charge in [0.1, 0.15) is 0 Å². The highest BCUT2D eigenvalue weighted by atomic mass is 32.1. The van der Waals surface area contributed by atoms with Crippen LogP contribution >= 0.6 is 11.3 Å². The summed E-state index contributed by atoms with van der Waals surface area (Å²) in [7, 11) is 0. The summed E-state index contributed by atoms with van der Waals surface area (Å²) >= 11 is 1.12. The molecule has 0 aliphatic carbocycles. The molecule has 1 atom stereocenters. The van der Waals surface area contributed by atoms with Gasteiger partial charge in [-0.25, -0.2) is 0 Å². The quantitative estimate of drug-likeness (QED) is 0.545. The zero-order valence-corrected chi connectivity index (χ0v) is 6.80. The molecule has 0 saturated heterocycles. The monoisotopic (exact) mass is 172 g/mol. The first-order valence-corrected chi connectivity index (χ1v) is 3.92. The molecule has 60 valence electrons. The molecule has 1 heterocycles. The van der Waals surface area contributed by atoms with E-state index in [9.17, 15) is 10.1 Å². The van der Waals surface area contributed by atoms with Crippen molar-refractivity contribution in [3.63, 3.8) is 0 Å². The van der Waals surface area contributed by atoms with E-state index in [-0.39, 0.29) is 11.0 Å². The molecule has 1 rings (SSSR count). The normalized spacial score (nSPS) is 12.9. The topological polar surface area (TPSA) is 69.2 Å². The standard InChI is InChI=1S/C6H8N2O2S/c1-4(7)5-2-3-6(11-5)8(9)10/h2-4H,7H2,1H3/t4-/m0/s1. The molecule has 2 N–H and O–H groups in total. The van der Waals surface area contributed by atoms with Crippen LogP contribution < -0.4 is 5.73 Å². The van der Waals surface area contributed by atoms with Crippen molar-refractivity contribution in [2.75, 3.05) is 0 Å². The summed E-state index contributed by atoms with van der Waals surface area (Å²) in [5.74, 6) is 0. The lowest BCUT2D eigenvalue weighted by atomic mass is 10.3. The Labute approximate surface area is 67.8 Å². The van der Waals surface area contributed by atoms with E-state index < -0.39 is 4.92 Å². The molecule has 0 radical (unpaired) electrons. The van der Waals surface area contributed by atoms with Gasteiger partial charge in [-0.15, -0.1) is 0 Å². The van der Waals surface area contributed by atoms with Crippen molar-refractivity contribution >= 4 is 16.3 Å². The van der Waals surface area contributed by atoms with E-state index >= 15 is 0 Å². The van der Waals surface area contributed by atoms with Crippen molar-refractivity contribution in [3.05, 3.63) is 27.1 Å². The van der Waals surface area contributed by atoms with Crippen LogP contribution in [0.25, 0.3) is 0 Å². The van der Waals surface area contributed by atoms with Crippen LogP contribution in [0.4, 0.5) is 5.00 Å². The molecule has 11 heavy (non-hydrogen) atoms. The molecule has 0 saturated carbocycles. The lowest BCUT2D eigenvalue weighted by Gasteiger charge is -1.96. The van der Waals surface area contributed by atoms with Gasteiger partial charge in [0.15, 0.2) is 0 Å². The van der Waals surface area contributed by atoms with Gasteiger partial charge < -0.3 is 5.73 Å². The lowest BCUT2D eigenvalue weighted by molar-refractivity contribution is -0.380. The molecule has 0 fully saturated rings. The first-order valence-electron chi connectivity index (χ1n) is 3.11. The zero-order valence-electron chi connectivity index (χ0n) is 5.98. The minimum atomic E-state index is -0.406. The number of thiophene rings is 1. The van der Waals surface area contributed by atoms with E-state index in [0.717, 1.165) is 16.2 Å². The van der Waals surface area contributed by atoms with Crippen molar-refractivity contribution in [2.45, 2.75) is 13.0 Å². The van der Waals surface area contributed by atoms with Gasteiger partial charge >= 0.3 is 5.00 Å². The Morgan fingerprint density at radius 2 is 2.36 bits per heavy atom. The third-order valence-corrected chi connectivity index (χ3v) is 2.48. The van der Waals surface area contributed by atoms with Crippen LogP contribution in [0.1, 0.15) is 17.8 Å². The third-order valence-electron chi connectivity index (χ3n) is 1.24. The van der Waals surface area contributed by atoms with Crippen LogP contribution in [0, 0.1) is 10.1 Å². The Morgan fingerprint density at radius 3 is 2.64 bits per heavy atom. The molecule has 0 aliphatic heterocycles. The second-order valence-electron chi connectivity index (χ2n) is 2.22. The van der Waals surface area contributed by atoms with Crippen LogP contribution in [0.3, 0.4) is 0 Å². The van der Waals surface area contributed by atoms with E-state index in [0.29, 0.717) is 0 Å². The van der Waals surface area contributed by atoms with Gasteiger partial charge in [-0.3, -0.25) is 10.1 Å².